The number of hydrogen-bond donors (Lipinski definition) is 2. The van der Waals surface area contributed by atoms with E-state index in [1.165, 1.54) is 27.9 Å². The molecule has 0 fully saturated rings. The summed E-state index contributed by atoms with van der Waals surface area (Å²) in [5.74, 6) is 2.58. The van der Waals surface area contributed by atoms with Crippen molar-refractivity contribution in [2.75, 3.05) is 38.8 Å². The Labute approximate surface area is 203 Å². The number of nitrogens with zero attached hydrogens (tertiary/aromatic N) is 1. The number of phenolic OH excluding ortho intramolecular Hbond substituents is 1. The van der Waals surface area contributed by atoms with Crippen molar-refractivity contribution in [3.8, 4) is 17.2 Å². The Kier molecular flexibility index (Phi) is 7.96. The molecule has 0 spiro atoms. The maximum Gasteiger partial charge on any atom is 0.120 e. The van der Waals surface area contributed by atoms with E-state index in [2.05, 4.69) is 65.7 Å². The van der Waals surface area contributed by atoms with E-state index in [9.17, 15) is 5.11 Å². The third-order valence-electron chi connectivity index (χ3n) is 6.74. The molecular formula is C29H36N2O3. The highest BCUT2D eigenvalue weighted by atomic mass is 16.5. The lowest BCUT2D eigenvalue weighted by molar-refractivity contribution is 0.318. The predicted molar refractivity (Wildman–Crippen MR) is 138 cm³/mol. The number of likely N-dealkylation sites (N-methyl/N-ethyl adjacent to an activating group) is 1. The van der Waals surface area contributed by atoms with Gasteiger partial charge in [-0.15, -0.1) is 0 Å². The van der Waals surface area contributed by atoms with Crippen LogP contribution in [0.25, 0.3) is 0 Å². The van der Waals surface area contributed by atoms with Crippen LogP contribution in [0.2, 0.25) is 0 Å². The highest BCUT2D eigenvalue weighted by molar-refractivity contribution is 5.60. The van der Waals surface area contributed by atoms with Gasteiger partial charge in [-0.05, 0) is 91.7 Å². The van der Waals surface area contributed by atoms with Crippen LogP contribution in [-0.4, -0.2) is 39.0 Å². The number of ether oxygens (including phenoxy) is 2. The second-order valence-electron chi connectivity index (χ2n) is 8.93. The Morgan fingerprint density at radius 1 is 1.00 bits per heavy atom. The van der Waals surface area contributed by atoms with Crippen molar-refractivity contribution >= 4 is 5.69 Å². The van der Waals surface area contributed by atoms with Crippen LogP contribution in [0.1, 0.15) is 41.5 Å². The molecule has 0 aliphatic heterocycles. The number of anilines is 1. The van der Waals surface area contributed by atoms with Crippen LogP contribution in [-0.2, 0) is 19.4 Å². The van der Waals surface area contributed by atoms with Gasteiger partial charge in [0, 0.05) is 31.4 Å². The summed E-state index contributed by atoms with van der Waals surface area (Å²) >= 11 is 0. The van der Waals surface area contributed by atoms with Gasteiger partial charge >= 0.3 is 0 Å². The van der Waals surface area contributed by atoms with Gasteiger partial charge in [0.25, 0.3) is 0 Å². The van der Waals surface area contributed by atoms with Gasteiger partial charge in [0.2, 0.25) is 0 Å². The quantitative estimate of drug-likeness (QED) is 0.402. The minimum atomic E-state index is 0.359. The van der Waals surface area contributed by atoms with Crippen molar-refractivity contribution in [1.82, 2.24) is 5.32 Å². The topological polar surface area (TPSA) is 54.0 Å². The van der Waals surface area contributed by atoms with E-state index in [-0.39, 0.29) is 0 Å². The fourth-order valence-electron chi connectivity index (χ4n) is 4.83. The summed E-state index contributed by atoms with van der Waals surface area (Å²) in [6.07, 6.45) is 3.05. The van der Waals surface area contributed by atoms with Gasteiger partial charge in [-0.25, -0.2) is 0 Å². The van der Waals surface area contributed by atoms with Gasteiger partial charge in [-0.2, -0.15) is 0 Å². The van der Waals surface area contributed by atoms with Gasteiger partial charge < -0.3 is 24.8 Å². The van der Waals surface area contributed by atoms with E-state index in [0.29, 0.717) is 18.3 Å². The first-order valence-electron chi connectivity index (χ1n) is 12.2. The smallest absolute Gasteiger partial charge is 0.120 e. The highest BCUT2D eigenvalue weighted by Crippen LogP contribution is 2.40. The van der Waals surface area contributed by atoms with Crippen LogP contribution >= 0.6 is 0 Å². The number of aryl methyl sites for hydroxylation is 1. The van der Waals surface area contributed by atoms with Crippen molar-refractivity contribution in [3.63, 3.8) is 0 Å². The van der Waals surface area contributed by atoms with Crippen molar-refractivity contribution in [3.05, 3.63) is 82.9 Å². The van der Waals surface area contributed by atoms with E-state index in [0.717, 1.165) is 50.4 Å². The third kappa shape index (κ3) is 5.65. The maximum absolute atomic E-state index is 9.86. The van der Waals surface area contributed by atoms with Gasteiger partial charge in [0.15, 0.2) is 0 Å². The fourth-order valence-corrected chi connectivity index (χ4v) is 4.83. The molecule has 2 N–H and O–H groups in total. The lowest BCUT2D eigenvalue weighted by Gasteiger charge is -2.32. The normalized spacial score (nSPS) is 15.0. The monoisotopic (exact) mass is 460 g/mol. The summed E-state index contributed by atoms with van der Waals surface area (Å²) in [5.41, 5.74) is 6.47. The van der Waals surface area contributed by atoms with Gasteiger partial charge in [-0.3, -0.25) is 0 Å². The molecule has 1 aliphatic carbocycles. The summed E-state index contributed by atoms with van der Waals surface area (Å²) in [6.45, 7) is 5.42. The van der Waals surface area contributed by atoms with E-state index < -0.39 is 0 Å². The Hall–Kier alpha value is -3.18. The maximum atomic E-state index is 9.86. The van der Waals surface area contributed by atoms with Crippen molar-refractivity contribution in [1.29, 1.82) is 0 Å². The molecule has 0 saturated carbocycles. The molecule has 0 unspecified atom stereocenters. The molecule has 0 radical (unpaired) electrons. The summed E-state index contributed by atoms with van der Waals surface area (Å²) in [6, 6.07) is 20.7. The van der Waals surface area contributed by atoms with Crippen LogP contribution in [0.5, 0.6) is 17.2 Å². The summed E-state index contributed by atoms with van der Waals surface area (Å²) in [7, 11) is 3.65. The number of aromatic hydroxyl groups is 1. The number of hydrogen-bond acceptors (Lipinski definition) is 5. The molecule has 0 aromatic heterocycles. The molecule has 3 aromatic carbocycles. The van der Waals surface area contributed by atoms with Gasteiger partial charge in [0.05, 0.1) is 7.11 Å². The zero-order valence-electron chi connectivity index (χ0n) is 20.5. The minimum absolute atomic E-state index is 0.359. The average molecular weight is 461 g/mol. The zero-order chi connectivity index (χ0) is 23.9. The van der Waals surface area contributed by atoms with Gasteiger partial charge in [-0.1, -0.05) is 24.3 Å². The first-order valence-corrected chi connectivity index (χ1v) is 12.2. The zero-order valence-corrected chi connectivity index (χ0v) is 20.5. The largest absolute Gasteiger partial charge is 0.508 e. The molecule has 180 valence electrons. The minimum Gasteiger partial charge on any atom is -0.508 e. The highest BCUT2D eigenvalue weighted by Gasteiger charge is 2.24. The molecule has 0 amide bonds. The second-order valence-corrected chi connectivity index (χ2v) is 8.93. The first-order chi connectivity index (χ1) is 16.6. The molecule has 1 aliphatic rings. The molecule has 0 bridgehead atoms. The summed E-state index contributed by atoms with van der Waals surface area (Å²) < 4.78 is 11.4. The molecule has 5 nitrogen and oxygen atoms in total. The number of fused-ring (bicyclic) bond motifs is 1. The van der Waals surface area contributed by atoms with E-state index in [1.54, 1.807) is 13.2 Å². The molecular weight excluding hydrogens is 424 g/mol. The van der Waals surface area contributed by atoms with Crippen molar-refractivity contribution in [2.45, 2.75) is 38.6 Å². The number of rotatable bonds is 10. The number of benzene rings is 3. The van der Waals surface area contributed by atoms with Crippen LogP contribution < -0.4 is 19.7 Å². The van der Waals surface area contributed by atoms with Crippen LogP contribution in [0.3, 0.4) is 0 Å². The molecule has 3 aromatic rings. The molecule has 4 rings (SSSR count). The van der Waals surface area contributed by atoms with Crippen molar-refractivity contribution < 1.29 is 14.6 Å². The Bertz CT molecular complexity index is 1080. The Morgan fingerprint density at radius 2 is 1.79 bits per heavy atom. The average Bonchev–Trinajstić information content (AvgIpc) is 2.87. The van der Waals surface area contributed by atoms with Crippen molar-refractivity contribution in [2.24, 2.45) is 0 Å². The van der Waals surface area contributed by atoms with Crippen LogP contribution in [0, 0.1) is 0 Å². The Balaban J connectivity index is 1.56. The number of nitrogens with one attached hydrogen (secondary N) is 1. The van der Waals surface area contributed by atoms with E-state index in [4.69, 9.17) is 9.47 Å². The van der Waals surface area contributed by atoms with E-state index >= 15 is 0 Å². The number of methoxy groups -OCH3 is 1. The second kappa shape index (κ2) is 11.3. The predicted octanol–water partition coefficient (Wildman–Crippen LogP) is 5.30. The molecule has 0 saturated heterocycles. The molecule has 5 heteroatoms. The SMILES string of the molecule is CCN(Cc1ccc(OCCNC)cc1)c1cc(OC)ccc1[C@@H]1CCc2cc(O)ccc2C1. The standard InChI is InChI=1S/C29H36N2O3/c1-4-31(20-21-5-11-26(12-6-21)34-16-15-30-2)29-19-27(33-3)13-14-28(29)24-8-7-23-18-25(32)10-9-22(23)17-24/h5-6,9-14,18-19,24,30,32H,4,7-8,15-17,20H2,1-3H3/t24-/m1/s1. The van der Waals surface area contributed by atoms with Crippen LogP contribution in [0.15, 0.2) is 60.7 Å². The molecule has 1 atom stereocenters. The fraction of sp³-hybridized carbons (Fsp3) is 0.379. The van der Waals surface area contributed by atoms with E-state index in [1.807, 2.05) is 13.1 Å². The summed E-state index contributed by atoms with van der Waals surface area (Å²) in [5, 5.41) is 13.0. The third-order valence-corrected chi connectivity index (χ3v) is 6.74. The Morgan fingerprint density at radius 3 is 2.53 bits per heavy atom. The molecule has 34 heavy (non-hydrogen) atoms. The first kappa shape index (κ1) is 24.0. The van der Waals surface area contributed by atoms with Gasteiger partial charge in [0.1, 0.15) is 23.9 Å². The lowest BCUT2D eigenvalue weighted by Crippen LogP contribution is -2.25. The number of phenols is 1. The lowest BCUT2D eigenvalue weighted by atomic mass is 9.79. The summed E-state index contributed by atoms with van der Waals surface area (Å²) in [4.78, 5) is 2.43. The van der Waals surface area contributed by atoms with Crippen LogP contribution in [0.4, 0.5) is 5.69 Å². The molecule has 0 heterocycles.